The van der Waals surface area contributed by atoms with Crippen LogP contribution in [0.4, 0.5) is 5.69 Å². The fourth-order valence-electron chi connectivity index (χ4n) is 2.96. The first-order chi connectivity index (χ1) is 16.4. The first-order valence-corrected chi connectivity index (χ1v) is 11.4. The Morgan fingerprint density at radius 1 is 1.00 bits per heavy atom. The predicted molar refractivity (Wildman–Crippen MR) is 129 cm³/mol. The molecule has 2 aromatic carbocycles. The molecular formula is C22H24ClN5O5S. The third-order valence-electron chi connectivity index (χ3n) is 4.75. The van der Waals surface area contributed by atoms with Gasteiger partial charge in [-0.3, -0.25) is 9.59 Å². The maximum atomic E-state index is 12.5. The van der Waals surface area contributed by atoms with Crippen molar-refractivity contribution in [1.82, 2.24) is 20.1 Å². The predicted octanol–water partition coefficient (Wildman–Crippen LogP) is 3.16. The number of aromatic nitrogens is 3. The Labute approximate surface area is 205 Å². The molecule has 34 heavy (non-hydrogen) atoms. The molecule has 0 saturated carbocycles. The summed E-state index contributed by atoms with van der Waals surface area (Å²) in [5.74, 6) is 1.58. The molecule has 0 radical (unpaired) electrons. The van der Waals surface area contributed by atoms with Crippen LogP contribution in [0, 0.1) is 0 Å². The average molecular weight is 506 g/mol. The van der Waals surface area contributed by atoms with Crippen molar-refractivity contribution < 1.29 is 23.8 Å². The van der Waals surface area contributed by atoms with E-state index in [1.54, 1.807) is 48.0 Å². The molecule has 12 heteroatoms. The van der Waals surface area contributed by atoms with E-state index in [1.807, 2.05) is 0 Å². The molecule has 0 spiro atoms. The average Bonchev–Trinajstić information content (AvgIpc) is 3.19. The number of ether oxygens (including phenoxy) is 3. The molecule has 0 atom stereocenters. The van der Waals surface area contributed by atoms with Crippen LogP contribution >= 0.6 is 23.4 Å². The summed E-state index contributed by atoms with van der Waals surface area (Å²) in [6, 6.07) is 9.87. The van der Waals surface area contributed by atoms with Gasteiger partial charge in [-0.2, -0.15) is 0 Å². The summed E-state index contributed by atoms with van der Waals surface area (Å²) in [7, 11) is 6.31. The minimum atomic E-state index is -0.298. The van der Waals surface area contributed by atoms with Crippen molar-refractivity contribution in [1.29, 1.82) is 0 Å². The van der Waals surface area contributed by atoms with Gasteiger partial charge in [0.15, 0.2) is 22.5 Å². The van der Waals surface area contributed by atoms with Gasteiger partial charge in [0, 0.05) is 17.6 Å². The van der Waals surface area contributed by atoms with Crippen molar-refractivity contribution >= 4 is 40.9 Å². The monoisotopic (exact) mass is 505 g/mol. The summed E-state index contributed by atoms with van der Waals surface area (Å²) in [5.41, 5.74) is 0.902. The number of nitrogens with one attached hydrogen (secondary N) is 2. The molecule has 0 aliphatic rings. The number of thioether (sulfide) groups is 1. The van der Waals surface area contributed by atoms with Crippen molar-refractivity contribution in [3.63, 3.8) is 0 Å². The molecule has 3 aromatic rings. The SMILES string of the molecule is COc1ccc(Cl)cc1NC(=O)CSc1nnc(CNC(=O)c2ccc(OC)c(OC)c2)n1C. The van der Waals surface area contributed by atoms with Gasteiger partial charge in [-0.25, -0.2) is 0 Å². The van der Waals surface area contributed by atoms with Crippen molar-refractivity contribution in [2.75, 3.05) is 32.4 Å². The van der Waals surface area contributed by atoms with Gasteiger partial charge >= 0.3 is 0 Å². The lowest BCUT2D eigenvalue weighted by Gasteiger charge is -2.11. The Bertz CT molecular complexity index is 1190. The van der Waals surface area contributed by atoms with Gasteiger partial charge in [-0.05, 0) is 36.4 Å². The summed E-state index contributed by atoms with van der Waals surface area (Å²) in [6.07, 6.45) is 0. The van der Waals surface area contributed by atoms with Gasteiger partial charge in [0.05, 0.1) is 39.3 Å². The van der Waals surface area contributed by atoms with Crippen LogP contribution in [0.5, 0.6) is 17.2 Å². The van der Waals surface area contributed by atoms with Gasteiger partial charge in [-0.1, -0.05) is 23.4 Å². The fraction of sp³-hybridized carbons (Fsp3) is 0.273. The number of nitrogens with zero attached hydrogens (tertiary/aromatic N) is 3. The topological polar surface area (TPSA) is 117 Å². The third-order valence-corrected chi connectivity index (χ3v) is 6.00. The van der Waals surface area contributed by atoms with Crippen LogP contribution in [-0.4, -0.2) is 53.7 Å². The zero-order valence-corrected chi connectivity index (χ0v) is 20.6. The number of methoxy groups -OCH3 is 3. The highest BCUT2D eigenvalue weighted by atomic mass is 35.5. The van der Waals surface area contributed by atoms with Gasteiger partial charge in [0.25, 0.3) is 5.91 Å². The maximum absolute atomic E-state index is 12.5. The standard InChI is InChI=1S/C22H24ClN5O5S/c1-28-19(11-24-21(30)13-5-7-17(32-3)18(9-13)33-4)26-27-22(28)34-12-20(29)25-15-10-14(23)6-8-16(15)31-2/h5-10H,11-12H2,1-4H3,(H,24,30)(H,25,29). The summed E-state index contributed by atoms with van der Waals surface area (Å²) in [5, 5.41) is 14.8. The van der Waals surface area contributed by atoms with E-state index in [0.29, 0.717) is 44.5 Å². The molecule has 0 saturated heterocycles. The molecule has 2 N–H and O–H groups in total. The van der Waals surface area contributed by atoms with Crippen LogP contribution in [0.15, 0.2) is 41.6 Å². The van der Waals surface area contributed by atoms with E-state index in [2.05, 4.69) is 20.8 Å². The Balaban J connectivity index is 1.56. The highest BCUT2D eigenvalue weighted by molar-refractivity contribution is 7.99. The van der Waals surface area contributed by atoms with E-state index >= 15 is 0 Å². The van der Waals surface area contributed by atoms with Crippen molar-refractivity contribution in [3.05, 3.63) is 52.8 Å². The number of benzene rings is 2. The number of hydrogen-bond donors (Lipinski definition) is 2. The molecule has 0 aliphatic carbocycles. The maximum Gasteiger partial charge on any atom is 0.251 e. The Hall–Kier alpha value is -3.44. The highest BCUT2D eigenvalue weighted by Crippen LogP contribution is 2.29. The first-order valence-electron chi connectivity index (χ1n) is 10.0. The molecule has 0 bridgehead atoms. The molecule has 0 fully saturated rings. The summed E-state index contributed by atoms with van der Waals surface area (Å²) in [4.78, 5) is 24.9. The number of rotatable bonds is 10. The van der Waals surface area contributed by atoms with Crippen LogP contribution in [0.25, 0.3) is 0 Å². The third kappa shape index (κ3) is 6.12. The summed E-state index contributed by atoms with van der Waals surface area (Å²) in [6.45, 7) is 0.156. The molecule has 1 heterocycles. The number of anilines is 1. The lowest BCUT2D eigenvalue weighted by atomic mass is 10.2. The van der Waals surface area contributed by atoms with E-state index < -0.39 is 0 Å². The Morgan fingerprint density at radius 2 is 1.71 bits per heavy atom. The number of hydrogen-bond acceptors (Lipinski definition) is 8. The van der Waals surface area contributed by atoms with Crippen LogP contribution in [0.1, 0.15) is 16.2 Å². The highest BCUT2D eigenvalue weighted by Gasteiger charge is 2.15. The summed E-state index contributed by atoms with van der Waals surface area (Å²) >= 11 is 7.21. The van der Waals surface area contributed by atoms with E-state index in [-0.39, 0.29) is 24.1 Å². The summed E-state index contributed by atoms with van der Waals surface area (Å²) < 4.78 is 17.4. The van der Waals surface area contributed by atoms with Gasteiger partial charge in [-0.15, -0.1) is 10.2 Å². The minimum Gasteiger partial charge on any atom is -0.495 e. The number of halogens is 1. The Kier molecular flexibility index (Phi) is 8.61. The first kappa shape index (κ1) is 25.2. The molecular weight excluding hydrogens is 482 g/mol. The van der Waals surface area contributed by atoms with E-state index in [4.69, 9.17) is 25.8 Å². The normalized spacial score (nSPS) is 10.5. The van der Waals surface area contributed by atoms with Gasteiger partial charge in [0.2, 0.25) is 5.91 Å². The lowest BCUT2D eigenvalue weighted by molar-refractivity contribution is -0.113. The van der Waals surface area contributed by atoms with Crippen LogP contribution in [0.2, 0.25) is 5.02 Å². The number of carbonyl (C=O) groups excluding carboxylic acids is 2. The molecule has 0 aliphatic heterocycles. The zero-order valence-electron chi connectivity index (χ0n) is 19.0. The van der Waals surface area contributed by atoms with Crippen LogP contribution < -0.4 is 24.8 Å². The fourth-order valence-corrected chi connectivity index (χ4v) is 3.86. The quantitative estimate of drug-likeness (QED) is 0.404. The number of carbonyl (C=O) groups is 2. The molecule has 1 aromatic heterocycles. The second kappa shape index (κ2) is 11.6. The second-order valence-corrected chi connectivity index (χ2v) is 8.27. The minimum absolute atomic E-state index is 0.0969. The number of amides is 2. The largest absolute Gasteiger partial charge is 0.495 e. The van der Waals surface area contributed by atoms with Gasteiger partial charge < -0.3 is 29.4 Å². The lowest BCUT2D eigenvalue weighted by Crippen LogP contribution is -2.24. The van der Waals surface area contributed by atoms with Crippen molar-refractivity contribution in [3.8, 4) is 17.2 Å². The van der Waals surface area contributed by atoms with Crippen LogP contribution in [0.3, 0.4) is 0 Å². The van der Waals surface area contributed by atoms with Crippen LogP contribution in [-0.2, 0) is 18.4 Å². The molecule has 10 nitrogen and oxygen atoms in total. The van der Waals surface area contributed by atoms with Gasteiger partial charge in [0.1, 0.15) is 5.75 Å². The van der Waals surface area contributed by atoms with Crippen molar-refractivity contribution in [2.24, 2.45) is 7.05 Å². The van der Waals surface area contributed by atoms with Crippen molar-refractivity contribution in [2.45, 2.75) is 11.7 Å². The Morgan fingerprint density at radius 3 is 2.41 bits per heavy atom. The molecule has 0 unspecified atom stereocenters. The van der Waals surface area contributed by atoms with E-state index in [9.17, 15) is 9.59 Å². The van der Waals surface area contributed by atoms with E-state index in [1.165, 1.54) is 33.1 Å². The smallest absolute Gasteiger partial charge is 0.251 e. The van der Waals surface area contributed by atoms with E-state index in [0.717, 1.165) is 0 Å². The zero-order chi connectivity index (χ0) is 24.7. The molecule has 2 amide bonds. The molecule has 180 valence electrons. The molecule has 3 rings (SSSR count). The second-order valence-electron chi connectivity index (χ2n) is 6.89.